The molecule has 0 radical (unpaired) electrons. The maximum atomic E-state index is 10.7. The molecule has 166 valence electrons. The van der Waals surface area contributed by atoms with E-state index in [1.54, 1.807) is 0 Å². The van der Waals surface area contributed by atoms with Crippen molar-refractivity contribution in [3.63, 3.8) is 0 Å². The molecule has 0 amide bonds. The Labute approximate surface area is 171 Å². The third kappa shape index (κ3) is 8.22. The van der Waals surface area contributed by atoms with Gasteiger partial charge in [0.1, 0.15) is 0 Å². The van der Waals surface area contributed by atoms with E-state index >= 15 is 0 Å². The Hall–Kier alpha value is -0.280. The zero-order valence-corrected chi connectivity index (χ0v) is 18.9. The lowest BCUT2D eigenvalue weighted by Gasteiger charge is -2.44. The summed E-state index contributed by atoms with van der Waals surface area (Å²) in [4.78, 5) is 9.39. The zero-order chi connectivity index (χ0) is 21.1. The second-order valence-electron chi connectivity index (χ2n) is 10.4. The number of hydrogen-bond donors (Lipinski definition) is 3. The molecule has 0 saturated carbocycles. The fraction of sp³-hybridized carbons (Fsp3) is 1.00. The van der Waals surface area contributed by atoms with E-state index in [4.69, 9.17) is 0 Å². The number of rotatable bonds is 8. The third-order valence-electron chi connectivity index (χ3n) is 5.81. The Morgan fingerprint density at radius 1 is 0.750 bits per heavy atom. The molecule has 0 spiro atoms. The van der Waals surface area contributed by atoms with Gasteiger partial charge in [0.2, 0.25) is 0 Å². The largest absolute Gasteiger partial charge is 0.390 e. The topological polar surface area (TPSA) is 73.7 Å². The van der Waals surface area contributed by atoms with E-state index in [1.807, 2.05) is 27.7 Å². The molecular formula is C21H44N4O3. The number of aliphatic hydroxyl groups excluding tert-OH is 1. The van der Waals surface area contributed by atoms with Crippen LogP contribution >= 0.6 is 0 Å². The van der Waals surface area contributed by atoms with Crippen LogP contribution in [0.25, 0.3) is 0 Å². The molecule has 2 atom stereocenters. The summed E-state index contributed by atoms with van der Waals surface area (Å²) in [5.41, 5.74) is -1.32. The summed E-state index contributed by atoms with van der Waals surface area (Å²) in [7, 11) is 0. The van der Waals surface area contributed by atoms with Crippen molar-refractivity contribution >= 4 is 0 Å². The summed E-state index contributed by atoms with van der Waals surface area (Å²) in [6.45, 7) is 20.3. The highest BCUT2D eigenvalue weighted by Crippen LogP contribution is 2.16. The Balaban J connectivity index is 1.75. The minimum atomic E-state index is -0.662. The van der Waals surface area contributed by atoms with Crippen LogP contribution in [0.2, 0.25) is 0 Å². The number of β-amino-alcohol motifs (C(OH)–C–C–N with tert-alkyl or cyclic N) is 3. The number of aliphatic hydroxyl groups is 3. The first-order valence-electron chi connectivity index (χ1n) is 10.9. The first-order chi connectivity index (χ1) is 12.8. The lowest BCUT2D eigenvalue weighted by atomic mass is 10.1. The molecule has 7 heteroatoms. The van der Waals surface area contributed by atoms with Crippen LogP contribution in [-0.2, 0) is 0 Å². The third-order valence-corrected chi connectivity index (χ3v) is 5.81. The Kier molecular flexibility index (Phi) is 8.30. The predicted octanol–water partition coefficient (Wildman–Crippen LogP) is -0.0987. The molecule has 2 saturated heterocycles. The van der Waals surface area contributed by atoms with Gasteiger partial charge < -0.3 is 15.3 Å². The van der Waals surface area contributed by atoms with Gasteiger partial charge in [-0.2, -0.15) is 0 Å². The minimum absolute atomic E-state index is 0.355. The lowest BCUT2D eigenvalue weighted by molar-refractivity contribution is -0.0253. The average Bonchev–Trinajstić information content (AvgIpc) is 2.50. The Morgan fingerprint density at radius 2 is 1.11 bits per heavy atom. The number of piperazine rings is 2. The highest BCUT2D eigenvalue weighted by molar-refractivity contribution is 4.87. The summed E-state index contributed by atoms with van der Waals surface area (Å²) in [5.74, 6) is 0. The molecule has 0 aromatic rings. The summed E-state index contributed by atoms with van der Waals surface area (Å²) >= 11 is 0. The minimum Gasteiger partial charge on any atom is -0.390 e. The van der Waals surface area contributed by atoms with Crippen LogP contribution in [0.15, 0.2) is 0 Å². The van der Waals surface area contributed by atoms with Gasteiger partial charge in [-0.15, -0.1) is 0 Å². The molecule has 2 fully saturated rings. The average molecular weight is 401 g/mol. The Bertz CT molecular complexity index is 435. The number of hydrogen-bond acceptors (Lipinski definition) is 7. The van der Waals surface area contributed by atoms with Crippen molar-refractivity contribution in [1.29, 1.82) is 0 Å². The molecule has 0 aromatic heterocycles. The van der Waals surface area contributed by atoms with Crippen LogP contribution in [0.3, 0.4) is 0 Å². The molecule has 0 aliphatic carbocycles. The van der Waals surface area contributed by atoms with Crippen molar-refractivity contribution in [3.8, 4) is 0 Å². The van der Waals surface area contributed by atoms with E-state index in [2.05, 4.69) is 33.4 Å². The first kappa shape index (κ1) is 24.0. The van der Waals surface area contributed by atoms with E-state index in [-0.39, 0.29) is 6.10 Å². The van der Waals surface area contributed by atoms with Gasteiger partial charge in [-0.25, -0.2) is 0 Å². The maximum Gasteiger partial charge on any atom is 0.0794 e. The molecule has 2 aliphatic heterocycles. The van der Waals surface area contributed by atoms with Crippen molar-refractivity contribution in [2.75, 3.05) is 65.4 Å². The van der Waals surface area contributed by atoms with Crippen LogP contribution in [0.5, 0.6) is 0 Å². The molecule has 7 nitrogen and oxygen atoms in total. The van der Waals surface area contributed by atoms with Crippen LogP contribution in [-0.4, -0.2) is 130 Å². The zero-order valence-electron chi connectivity index (χ0n) is 18.9. The van der Waals surface area contributed by atoms with Gasteiger partial charge >= 0.3 is 0 Å². The molecule has 2 aliphatic rings. The van der Waals surface area contributed by atoms with Crippen molar-refractivity contribution in [3.05, 3.63) is 0 Å². The van der Waals surface area contributed by atoms with E-state index in [0.717, 1.165) is 39.3 Å². The molecule has 3 N–H and O–H groups in total. The van der Waals surface area contributed by atoms with Gasteiger partial charge in [-0.3, -0.25) is 19.6 Å². The SMILES string of the molecule is CC1CN(CC(C)(C)O)CCN1CC(O)CN1CCN(CC(C)(C)O)CC1C. The van der Waals surface area contributed by atoms with Crippen LogP contribution in [0.4, 0.5) is 0 Å². The van der Waals surface area contributed by atoms with Gasteiger partial charge in [0.15, 0.2) is 0 Å². The van der Waals surface area contributed by atoms with E-state index in [1.165, 1.54) is 0 Å². The second kappa shape index (κ2) is 9.69. The second-order valence-corrected chi connectivity index (χ2v) is 10.4. The van der Waals surface area contributed by atoms with Gasteiger partial charge in [-0.05, 0) is 41.5 Å². The fourth-order valence-electron chi connectivity index (χ4n) is 4.66. The predicted molar refractivity (Wildman–Crippen MR) is 114 cm³/mol. The molecule has 28 heavy (non-hydrogen) atoms. The summed E-state index contributed by atoms with van der Waals surface area (Å²) in [6.07, 6.45) is -0.355. The van der Waals surface area contributed by atoms with Crippen molar-refractivity contribution in [2.45, 2.75) is 70.9 Å². The Morgan fingerprint density at radius 3 is 1.39 bits per heavy atom. The van der Waals surface area contributed by atoms with Gasteiger partial charge in [-0.1, -0.05) is 0 Å². The van der Waals surface area contributed by atoms with Crippen molar-refractivity contribution in [1.82, 2.24) is 19.6 Å². The van der Waals surface area contributed by atoms with Crippen LogP contribution in [0, 0.1) is 0 Å². The summed E-state index contributed by atoms with van der Waals surface area (Å²) in [6, 6.07) is 0.763. The highest BCUT2D eigenvalue weighted by Gasteiger charge is 2.31. The van der Waals surface area contributed by atoms with Crippen molar-refractivity contribution in [2.24, 2.45) is 0 Å². The maximum absolute atomic E-state index is 10.7. The molecular weight excluding hydrogens is 356 g/mol. The first-order valence-corrected chi connectivity index (χ1v) is 10.9. The van der Waals surface area contributed by atoms with E-state index < -0.39 is 11.2 Å². The van der Waals surface area contributed by atoms with Gasteiger partial charge in [0.25, 0.3) is 0 Å². The summed E-state index contributed by atoms with van der Waals surface area (Å²) < 4.78 is 0. The molecule has 2 heterocycles. The molecule has 0 bridgehead atoms. The van der Waals surface area contributed by atoms with E-state index in [9.17, 15) is 15.3 Å². The molecule has 2 unspecified atom stereocenters. The molecule has 0 aromatic carbocycles. The number of nitrogens with zero attached hydrogens (tertiary/aromatic N) is 4. The lowest BCUT2D eigenvalue weighted by Crippen LogP contribution is -2.58. The highest BCUT2D eigenvalue weighted by atomic mass is 16.3. The van der Waals surface area contributed by atoms with E-state index in [0.29, 0.717) is 38.3 Å². The normalized spacial score (nSPS) is 28.6. The van der Waals surface area contributed by atoms with Gasteiger partial charge in [0.05, 0.1) is 17.3 Å². The summed E-state index contributed by atoms with van der Waals surface area (Å²) in [5, 5.41) is 30.8. The standard InChI is InChI=1S/C21H44N4O3/c1-17-11-22(15-20(3,4)27)7-9-24(17)13-19(26)14-25-10-8-23(12-18(25)2)16-21(5,6)28/h17-19,26-28H,7-16H2,1-6H3. The van der Waals surface area contributed by atoms with Crippen LogP contribution < -0.4 is 0 Å². The fourth-order valence-corrected chi connectivity index (χ4v) is 4.66. The van der Waals surface area contributed by atoms with Crippen molar-refractivity contribution < 1.29 is 15.3 Å². The quantitative estimate of drug-likeness (QED) is 0.525. The smallest absolute Gasteiger partial charge is 0.0794 e. The monoisotopic (exact) mass is 400 g/mol. The van der Waals surface area contributed by atoms with Crippen LogP contribution in [0.1, 0.15) is 41.5 Å². The van der Waals surface area contributed by atoms with Gasteiger partial charge in [0, 0.05) is 77.5 Å². The molecule has 2 rings (SSSR count).